The monoisotopic (exact) mass is 286 g/mol. The highest BCUT2D eigenvalue weighted by Crippen LogP contribution is 2.30. The first-order chi connectivity index (χ1) is 10.1. The number of carbonyl (C=O) groups is 2. The standard InChI is InChI=1S/C17H22N2O2/c1-12(13-6-3-2-4-7-13)18-17(21)14-10-16(20)19(11-14)15-8-5-9-15/h2-4,6-7,12,14-15H,5,8-11H2,1H3,(H,18,21). The van der Waals surface area contributed by atoms with Gasteiger partial charge in [-0.1, -0.05) is 30.3 Å². The molecular formula is C17H22N2O2. The number of benzene rings is 1. The third kappa shape index (κ3) is 2.94. The van der Waals surface area contributed by atoms with E-state index in [0.29, 0.717) is 19.0 Å². The molecule has 4 nitrogen and oxygen atoms in total. The summed E-state index contributed by atoms with van der Waals surface area (Å²) in [5.41, 5.74) is 1.09. The van der Waals surface area contributed by atoms with Crippen LogP contribution in [0.3, 0.4) is 0 Å². The Morgan fingerprint density at radius 3 is 2.62 bits per heavy atom. The van der Waals surface area contributed by atoms with Gasteiger partial charge < -0.3 is 10.2 Å². The molecule has 0 bridgehead atoms. The number of nitrogens with zero attached hydrogens (tertiary/aromatic N) is 1. The van der Waals surface area contributed by atoms with Crippen molar-refractivity contribution >= 4 is 11.8 Å². The maximum absolute atomic E-state index is 12.4. The van der Waals surface area contributed by atoms with Crippen LogP contribution in [-0.2, 0) is 9.59 Å². The van der Waals surface area contributed by atoms with Crippen LogP contribution in [-0.4, -0.2) is 29.3 Å². The van der Waals surface area contributed by atoms with E-state index in [1.165, 1.54) is 6.42 Å². The molecule has 1 aromatic rings. The van der Waals surface area contributed by atoms with Crippen molar-refractivity contribution in [3.8, 4) is 0 Å². The first-order valence-electron chi connectivity index (χ1n) is 7.80. The van der Waals surface area contributed by atoms with Crippen LogP contribution >= 0.6 is 0 Å². The number of rotatable bonds is 4. The van der Waals surface area contributed by atoms with Crippen molar-refractivity contribution in [2.24, 2.45) is 5.92 Å². The SMILES string of the molecule is CC(NC(=O)C1CC(=O)N(C2CCC2)C1)c1ccccc1. The lowest BCUT2D eigenvalue weighted by atomic mass is 9.92. The Morgan fingerprint density at radius 1 is 1.29 bits per heavy atom. The smallest absolute Gasteiger partial charge is 0.225 e. The first-order valence-corrected chi connectivity index (χ1v) is 7.80. The highest BCUT2D eigenvalue weighted by Gasteiger charge is 2.39. The van der Waals surface area contributed by atoms with E-state index >= 15 is 0 Å². The second-order valence-electron chi connectivity index (χ2n) is 6.17. The quantitative estimate of drug-likeness (QED) is 0.923. The second kappa shape index (κ2) is 5.88. The Morgan fingerprint density at radius 2 is 2.00 bits per heavy atom. The molecule has 112 valence electrons. The fourth-order valence-corrected chi connectivity index (χ4v) is 3.11. The minimum Gasteiger partial charge on any atom is -0.349 e. The maximum Gasteiger partial charge on any atom is 0.225 e. The third-order valence-corrected chi connectivity index (χ3v) is 4.70. The lowest BCUT2D eigenvalue weighted by Gasteiger charge is -2.34. The number of amides is 2. The van der Waals surface area contributed by atoms with E-state index in [-0.39, 0.29) is 23.8 Å². The summed E-state index contributed by atoms with van der Waals surface area (Å²) in [7, 11) is 0. The highest BCUT2D eigenvalue weighted by atomic mass is 16.2. The Labute approximate surface area is 125 Å². The van der Waals surface area contributed by atoms with Crippen molar-refractivity contribution in [2.45, 2.75) is 44.7 Å². The minimum absolute atomic E-state index is 0.00141. The van der Waals surface area contributed by atoms with E-state index in [9.17, 15) is 9.59 Å². The highest BCUT2D eigenvalue weighted by molar-refractivity contribution is 5.89. The molecule has 0 radical (unpaired) electrons. The summed E-state index contributed by atoms with van der Waals surface area (Å²) in [5.74, 6) is -0.0435. The van der Waals surface area contributed by atoms with Gasteiger partial charge in [-0.3, -0.25) is 9.59 Å². The maximum atomic E-state index is 12.4. The van der Waals surface area contributed by atoms with Crippen LogP contribution in [0.2, 0.25) is 0 Å². The van der Waals surface area contributed by atoms with E-state index < -0.39 is 0 Å². The van der Waals surface area contributed by atoms with Gasteiger partial charge in [-0.2, -0.15) is 0 Å². The van der Waals surface area contributed by atoms with Gasteiger partial charge >= 0.3 is 0 Å². The average Bonchev–Trinajstić information content (AvgIpc) is 2.80. The van der Waals surface area contributed by atoms with Crippen LogP contribution in [0.5, 0.6) is 0 Å². The summed E-state index contributed by atoms with van der Waals surface area (Å²) < 4.78 is 0. The van der Waals surface area contributed by atoms with Crippen molar-refractivity contribution in [1.82, 2.24) is 10.2 Å². The van der Waals surface area contributed by atoms with Crippen molar-refractivity contribution in [2.75, 3.05) is 6.54 Å². The summed E-state index contributed by atoms with van der Waals surface area (Å²) >= 11 is 0. The zero-order valence-corrected chi connectivity index (χ0v) is 12.4. The summed E-state index contributed by atoms with van der Waals surface area (Å²) in [6.07, 6.45) is 3.77. The van der Waals surface area contributed by atoms with Gasteiger partial charge in [-0.05, 0) is 31.7 Å². The van der Waals surface area contributed by atoms with Crippen molar-refractivity contribution in [1.29, 1.82) is 0 Å². The molecule has 0 aromatic heterocycles. The Balaban J connectivity index is 1.57. The molecule has 1 saturated carbocycles. The van der Waals surface area contributed by atoms with Gasteiger partial charge in [-0.15, -0.1) is 0 Å². The largest absolute Gasteiger partial charge is 0.349 e. The molecule has 4 heteroatoms. The number of hydrogen-bond donors (Lipinski definition) is 1. The van der Waals surface area contributed by atoms with Gasteiger partial charge in [0, 0.05) is 19.0 Å². The van der Waals surface area contributed by atoms with Crippen LogP contribution in [0.25, 0.3) is 0 Å². The predicted octanol–water partition coefficient (Wildman–Crippen LogP) is 2.26. The summed E-state index contributed by atoms with van der Waals surface area (Å²) in [6.45, 7) is 2.57. The van der Waals surface area contributed by atoms with Gasteiger partial charge in [0.1, 0.15) is 0 Å². The van der Waals surface area contributed by atoms with Crippen molar-refractivity contribution in [3.05, 3.63) is 35.9 Å². The molecule has 2 amide bonds. The van der Waals surface area contributed by atoms with Crippen molar-refractivity contribution < 1.29 is 9.59 Å². The summed E-state index contributed by atoms with van der Waals surface area (Å²) in [5, 5.41) is 3.04. The van der Waals surface area contributed by atoms with Gasteiger partial charge in [0.2, 0.25) is 11.8 Å². The fourth-order valence-electron chi connectivity index (χ4n) is 3.11. The Kier molecular flexibility index (Phi) is 3.95. The zero-order chi connectivity index (χ0) is 14.8. The molecule has 21 heavy (non-hydrogen) atoms. The van der Waals surface area contributed by atoms with Gasteiger partial charge in [0.25, 0.3) is 0 Å². The van der Waals surface area contributed by atoms with E-state index in [2.05, 4.69) is 5.32 Å². The minimum atomic E-state index is -0.190. The number of likely N-dealkylation sites (tertiary alicyclic amines) is 1. The molecule has 0 spiro atoms. The topological polar surface area (TPSA) is 49.4 Å². The molecule has 2 fully saturated rings. The summed E-state index contributed by atoms with van der Waals surface area (Å²) in [6, 6.07) is 10.3. The zero-order valence-electron chi connectivity index (χ0n) is 12.4. The van der Waals surface area contributed by atoms with Crippen LogP contribution in [0, 0.1) is 5.92 Å². The van der Waals surface area contributed by atoms with Gasteiger partial charge in [-0.25, -0.2) is 0 Å². The van der Waals surface area contributed by atoms with E-state index in [1.807, 2.05) is 42.2 Å². The first kappa shape index (κ1) is 14.1. The normalized spacial score (nSPS) is 23.8. The van der Waals surface area contributed by atoms with Crippen LogP contribution in [0.4, 0.5) is 0 Å². The fraction of sp³-hybridized carbons (Fsp3) is 0.529. The van der Waals surface area contributed by atoms with Crippen LogP contribution in [0.15, 0.2) is 30.3 Å². The molecule has 2 atom stereocenters. The second-order valence-corrected chi connectivity index (χ2v) is 6.17. The molecule has 1 aliphatic carbocycles. The molecule has 1 aromatic carbocycles. The summed E-state index contributed by atoms with van der Waals surface area (Å²) in [4.78, 5) is 26.3. The number of hydrogen-bond acceptors (Lipinski definition) is 2. The van der Waals surface area contributed by atoms with Gasteiger partial charge in [0.15, 0.2) is 0 Å². The third-order valence-electron chi connectivity index (χ3n) is 4.70. The molecule has 1 aliphatic heterocycles. The Hall–Kier alpha value is -1.84. The number of carbonyl (C=O) groups excluding carboxylic acids is 2. The van der Waals surface area contributed by atoms with E-state index in [4.69, 9.17) is 0 Å². The molecule has 2 aliphatic rings. The van der Waals surface area contributed by atoms with Crippen LogP contribution in [0.1, 0.15) is 44.2 Å². The lowest BCUT2D eigenvalue weighted by molar-refractivity contribution is -0.131. The number of nitrogens with one attached hydrogen (secondary N) is 1. The van der Waals surface area contributed by atoms with E-state index in [0.717, 1.165) is 18.4 Å². The molecule has 3 rings (SSSR count). The van der Waals surface area contributed by atoms with Gasteiger partial charge in [0.05, 0.1) is 12.0 Å². The molecule has 1 saturated heterocycles. The molecule has 1 heterocycles. The lowest BCUT2D eigenvalue weighted by Crippen LogP contribution is -2.42. The predicted molar refractivity (Wildman–Crippen MR) is 80.5 cm³/mol. The van der Waals surface area contributed by atoms with Crippen LogP contribution < -0.4 is 5.32 Å². The molecule has 2 unspecified atom stereocenters. The average molecular weight is 286 g/mol. The van der Waals surface area contributed by atoms with E-state index in [1.54, 1.807) is 0 Å². The molecular weight excluding hydrogens is 264 g/mol. The Bertz CT molecular complexity index is 525. The van der Waals surface area contributed by atoms with Crippen molar-refractivity contribution in [3.63, 3.8) is 0 Å². The molecule has 1 N–H and O–H groups in total.